The number of hydrogen-bond acceptors (Lipinski definition) is 2. The van der Waals surface area contributed by atoms with Gasteiger partial charge in [0.2, 0.25) is 0 Å². The van der Waals surface area contributed by atoms with Crippen molar-refractivity contribution in [3.05, 3.63) is 57.2 Å². The molecule has 0 unspecified atom stereocenters. The SMILES string of the molecule is Cc1cccc(C(N)=S)c1Nc1cccc(I)c1. The Labute approximate surface area is 126 Å². The lowest BCUT2D eigenvalue weighted by atomic mass is 10.1. The maximum absolute atomic E-state index is 5.76. The zero-order valence-electron chi connectivity index (χ0n) is 9.91. The molecule has 2 rings (SSSR count). The summed E-state index contributed by atoms with van der Waals surface area (Å²) in [6.07, 6.45) is 0. The number of benzene rings is 2. The van der Waals surface area contributed by atoms with Gasteiger partial charge in [-0.05, 0) is 59.3 Å². The summed E-state index contributed by atoms with van der Waals surface area (Å²) in [5, 5.41) is 3.39. The summed E-state index contributed by atoms with van der Waals surface area (Å²) in [4.78, 5) is 0.409. The molecule has 0 atom stereocenters. The monoisotopic (exact) mass is 368 g/mol. The van der Waals surface area contributed by atoms with Crippen LogP contribution in [0.2, 0.25) is 0 Å². The molecule has 0 spiro atoms. The maximum atomic E-state index is 5.76. The molecule has 3 N–H and O–H groups in total. The predicted octanol–water partition coefficient (Wildman–Crippen LogP) is 3.98. The number of anilines is 2. The number of nitrogens with one attached hydrogen (secondary N) is 1. The van der Waals surface area contributed by atoms with Gasteiger partial charge >= 0.3 is 0 Å². The molecule has 0 bridgehead atoms. The Kier molecular flexibility index (Phi) is 4.19. The molecule has 0 saturated carbocycles. The van der Waals surface area contributed by atoms with E-state index in [4.69, 9.17) is 18.0 Å². The standard InChI is InChI=1S/C14H13IN2S/c1-9-4-2-7-12(14(16)18)13(9)17-11-6-3-5-10(15)8-11/h2-8,17H,1H3,(H2,16,18). The Balaban J connectivity index is 2.42. The molecule has 0 aromatic heterocycles. The summed E-state index contributed by atoms with van der Waals surface area (Å²) in [6.45, 7) is 2.04. The number of para-hydroxylation sites is 1. The zero-order valence-corrected chi connectivity index (χ0v) is 12.9. The van der Waals surface area contributed by atoms with Gasteiger partial charge in [-0.3, -0.25) is 0 Å². The molecule has 2 nitrogen and oxygen atoms in total. The fourth-order valence-corrected chi connectivity index (χ4v) is 2.46. The van der Waals surface area contributed by atoms with Crippen molar-refractivity contribution in [2.75, 3.05) is 5.32 Å². The van der Waals surface area contributed by atoms with Gasteiger partial charge in [0, 0.05) is 14.8 Å². The number of aryl methyl sites for hydroxylation is 1. The van der Waals surface area contributed by atoms with E-state index in [-0.39, 0.29) is 0 Å². The van der Waals surface area contributed by atoms with Gasteiger partial charge < -0.3 is 11.1 Å². The molecule has 0 amide bonds. The molecule has 4 heteroatoms. The average molecular weight is 368 g/mol. The van der Waals surface area contributed by atoms with E-state index in [2.05, 4.69) is 40.0 Å². The highest BCUT2D eigenvalue weighted by Gasteiger charge is 2.08. The van der Waals surface area contributed by atoms with Crippen LogP contribution < -0.4 is 11.1 Å². The van der Waals surface area contributed by atoms with E-state index >= 15 is 0 Å². The largest absolute Gasteiger partial charge is 0.389 e. The molecule has 0 aliphatic carbocycles. The molecule has 0 aliphatic rings. The van der Waals surface area contributed by atoms with Gasteiger partial charge in [0.05, 0.1) is 5.69 Å². The normalized spacial score (nSPS) is 10.1. The minimum Gasteiger partial charge on any atom is -0.389 e. The lowest BCUT2D eigenvalue weighted by Gasteiger charge is -2.14. The van der Waals surface area contributed by atoms with E-state index in [1.807, 2.05) is 37.3 Å². The molecule has 92 valence electrons. The van der Waals surface area contributed by atoms with Gasteiger partial charge in [-0.25, -0.2) is 0 Å². The van der Waals surface area contributed by atoms with Crippen LogP contribution in [0.1, 0.15) is 11.1 Å². The van der Waals surface area contributed by atoms with Crippen LogP contribution in [0.5, 0.6) is 0 Å². The number of hydrogen-bond donors (Lipinski definition) is 2. The third kappa shape index (κ3) is 3.00. The summed E-state index contributed by atoms with van der Waals surface area (Å²) in [5.41, 5.74) is 9.77. The molecule has 0 radical (unpaired) electrons. The van der Waals surface area contributed by atoms with E-state index in [9.17, 15) is 0 Å². The molecular formula is C14H13IN2S. The van der Waals surface area contributed by atoms with Gasteiger partial charge in [-0.1, -0.05) is 30.4 Å². The van der Waals surface area contributed by atoms with Crippen molar-refractivity contribution in [3.63, 3.8) is 0 Å². The maximum Gasteiger partial charge on any atom is 0.106 e. The van der Waals surface area contributed by atoms with Crippen LogP contribution in [0.25, 0.3) is 0 Å². The van der Waals surface area contributed by atoms with Gasteiger partial charge in [-0.2, -0.15) is 0 Å². The average Bonchev–Trinajstić information content (AvgIpc) is 2.31. The Morgan fingerprint density at radius 1 is 1.22 bits per heavy atom. The van der Waals surface area contributed by atoms with Crippen molar-refractivity contribution in [2.24, 2.45) is 5.73 Å². The zero-order chi connectivity index (χ0) is 13.1. The molecule has 0 heterocycles. The lowest BCUT2D eigenvalue weighted by molar-refractivity contribution is 1.41. The van der Waals surface area contributed by atoms with E-state index in [0.29, 0.717) is 4.99 Å². The second-order valence-electron chi connectivity index (χ2n) is 4.00. The topological polar surface area (TPSA) is 38.0 Å². The molecule has 0 fully saturated rings. The lowest BCUT2D eigenvalue weighted by Crippen LogP contribution is -2.12. The Morgan fingerprint density at radius 2 is 1.94 bits per heavy atom. The first kappa shape index (κ1) is 13.3. The summed E-state index contributed by atoms with van der Waals surface area (Å²) >= 11 is 7.38. The predicted molar refractivity (Wildman–Crippen MR) is 89.5 cm³/mol. The van der Waals surface area contributed by atoms with Gasteiger partial charge in [0.15, 0.2) is 0 Å². The highest BCUT2D eigenvalue weighted by Crippen LogP contribution is 2.25. The number of thiocarbonyl (C=S) groups is 1. The third-order valence-corrected chi connectivity index (χ3v) is 3.52. The van der Waals surface area contributed by atoms with Gasteiger partial charge in [0.25, 0.3) is 0 Å². The Morgan fingerprint density at radius 3 is 2.61 bits per heavy atom. The third-order valence-electron chi connectivity index (χ3n) is 2.63. The summed E-state index contributed by atoms with van der Waals surface area (Å²) < 4.78 is 1.18. The van der Waals surface area contributed by atoms with Crippen LogP contribution in [0, 0.1) is 10.5 Å². The smallest absolute Gasteiger partial charge is 0.106 e. The van der Waals surface area contributed by atoms with Crippen LogP contribution in [-0.4, -0.2) is 4.99 Å². The molecule has 0 aliphatic heterocycles. The van der Waals surface area contributed by atoms with Crippen molar-refractivity contribution in [1.82, 2.24) is 0 Å². The fraction of sp³-hybridized carbons (Fsp3) is 0.0714. The quantitative estimate of drug-likeness (QED) is 0.636. The fourth-order valence-electron chi connectivity index (χ4n) is 1.75. The highest BCUT2D eigenvalue weighted by molar-refractivity contribution is 14.1. The minimum absolute atomic E-state index is 0.409. The van der Waals surface area contributed by atoms with Crippen LogP contribution in [0.15, 0.2) is 42.5 Å². The van der Waals surface area contributed by atoms with Gasteiger partial charge in [0.1, 0.15) is 4.99 Å². The number of halogens is 1. The van der Waals surface area contributed by atoms with Gasteiger partial charge in [-0.15, -0.1) is 0 Å². The first-order chi connectivity index (χ1) is 8.58. The van der Waals surface area contributed by atoms with E-state index in [1.54, 1.807) is 0 Å². The van der Waals surface area contributed by atoms with Crippen LogP contribution in [-0.2, 0) is 0 Å². The van der Waals surface area contributed by atoms with Crippen LogP contribution in [0.3, 0.4) is 0 Å². The van der Waals surface area contributed by atoms with Crippen LogP contribution >= 0.6 is 34.8 Å². The second-order valence-corrected chi connectivity index (χ2v) is 5.68. The first-order valence-corrected chi connectivity index (χ1v) is 6.98. The van der Waals surface area contributed by atoms with Crippen molar-refractivity contribution in [1.29, 1.82) is 0 Å². The summed E-state index contributed by atoms with van der Waals surface area (Å²) in [7, 11) is 0. The molecule has 0 saturated heterocycles. The molecule has 2 aromatic carbocycles. The van der Waals surface area contributed by atoms with Crippen molar-refractivity contribution in [2.45, 2.75) is 6.92 Å². The Bertz CT molecular complexity index is 596. The first-order valence-electron chi connectivity index (χ1n) is 5.50. The minimum atomic E-state index is 0.409. The molecular weight excluding hydrogens is 355 g/mol. The highest BCUT2D eigenvalue weighted by atomic mass is 127. The number of nitrogens with two attached hydrogens (primary N) is 1. The van der Waals surface area contributed by atoms with E-state index in [0.717, 1.165) is 22.5 Å². The molecule has 18 heavy (non-hydrogen) atoms. The van der Waals surface area contributed by atoms with E-state index in [1.165, 1.54) is 3.57 Å². The summed E-state index contributed by atoms with van der Waals surface area (Å²) in [6, 6.07) is 14.1. The van der Waals surface area contributed by atoms with Crippen molar-refractivity contribution >= 4 is 51.2 Å². The van der Waals surface area contributed by atoms with Crippen molar-refractivity contribution in [3.8, 4) is 0 Å². The number of rotatable bonds is 3. The van der Waals surface area contributed by atoms with E-state index < -0.39 is 0 Å². The Hall–Kier alpha value is -1.14. The summed E-state index contributed by atoms with van der Waals surface area (Å²) in [5.74, 6) is 0. The molecule has 2 aromatic rings. The van der Waals surface area contributed by atoms with Crippen LogP contribution in [0.4, 0.5) is 11.4 Å². The van der Waals surface area contributed by atoms with Crippen molar-refractivity contribution < 1.29 is 0 Å². The second kappa shape index (κ2) is 5.67.